The lowest BCUT2D eigenvalue weighted by molar-refractivity contribution is 0.373. The van der Waals surface area contributed by atoms with E-state index in [0.29, 0.717) is 41.0 Å². The number of nitrogens with zero attached hydrogens (tertiary/aromatic N) is 4. The number of nitrogens with one attached hydrogen (secondary N) is 1. The molecule has 0 unspecified atom stereocenters. The lowest BCUT2D eigenvalue weighted by Crippen LogP contribution is -2.05. The highest BCUT2D eigenvalue weighted by Crippen LogP contribution is 2.31. The van der Waals surface area contributed by atoms with Gasteiger partial charge in [-0.05, 0) is 25.1 Å². The first kappa shape index (κ1) is 16.3. The summed E-state index contributed by atoms with van der Waals surface area (Å²) < 4.78 is 10.7. The van der Waals surface area contributed by atoms with Gasteiger partial charge in [0.2, 0.25) is 5.89 Å². The van der Waals surface area contributed by atoms with E-state index in [-0.39, 0.29) is 11.4 Å². The molecule has 0 fully saturated rings. The molecule has 2 N–H and O–H groups in total. The second-order valence-corrected chi connectivity index (χ2v) is 5.13. The van der Waals surface area contributed by atoms with Crippen molar-refractivity contribution < 1.29 is 14.3 Å². The van der Waals surface area contributed by atoms with Crippen molar-refractivity contribution in [3.63, 3.8) is 0 Å². The number of nitriles is 1. The minimum absolute atomic E-state index is 0.00810. The summed E-state index contributed by atoms with van der Waals surface area (Å²) in [5, 5.41) is 21.9. The van der Waals surface area contributed by atoms with E-state index < -0.39 is 0 Å². The van der Waals surface area contributed by atoms with Crippen molar-refractivity contribution >= 4 is 5.82 Å². The van der Waals surface area contributed by atoms with E-state index in [1.165, 1.54) is 25.6 Å². The number of methoxy groups -OCH3 is 1. The molecule has 0 aliphatic rings. The molecule has 0 amide bonds. The van der Waals surface area contributed by atoms with Crippen LogP contribution in [0.25, 0.3) is 11.5 Å². The number of aromatic nitrogens is 3. The molecular formula is C17H15N5O3. The number of aromatic hydroxyl groups is 1. The topological polar surface area (TPSA) is 117 Å². The van der Waals surface area contributed by atoms with E-state index in [9.17, 15) is 5.11 Å². The molecule has 0 radical (unpaired) electrons. The number of benzene rings is 1. The van der Waals surface area contributed by atoms with Gasteiger partial charge in [-0.25, -0.2) is 15.0 Å². The number of hydrogen-bond donors (Lipinski definition) is 2. The Morgan fingerprint density at radius 1 is 1.32 bits per heavy atom. The predicted octanol–water partition coefficient (Wildman–Crippen LogP) is 2.64. The third-order valence-electron chi connectivity index (χ3n) is 3.55. The molecule has 0 atom stereocenters. The molecule has 0 aliphatic carbocycles. The van der Waals surface area contributed by atoms with Gasteiger partial charge in [-0.15, -0.1) is 0 Å². The van der Waals surface area contributed by atoms with Crippen molar-refractivity contribution in [3.05, 3.63) is 47.7 Å². The van der Waals surface area contributed by atoms with Crippen LogP contribution in [0.4, 0.5) is 5.82 Å². The number of anilines is 1. The molecule has 0 bridgehead atoms. The van der Waals surface area contributed by atoms with Crippen LogP contribution in [0.3, 0.4) is 0 Å². The first-order valence-electron chi connectivity index (χ1n) is 7.41. The normalized spacial score (nSPS) is 10.3. The fourth-order valence-electron chi connectivity index (χ4n) is 2.26. The second-order valence-electron chi connectivity index (χ2n) is 5.13. The highest BCUT2D eigenvalue weighted by Gasteiger charge is 2.14. The van der Waals surface area contributed by atoms with Gasteiger partial charge in [-0.3, -0.25) is 0 Å². The molecule has 3 rings (SSSR count). The van der Waals surface area contributed by atoms with Gasteiger partial charge in [0.05, 0.1) is 13.7 Å². The summed E-state index contributed by atoms with van der Waals surface area (Å²) >= 11 is 0. The number of hydrogen-bond acceptors (Lipinski definition) is 8. The first-order chi connectivity index (χ1) is 12.1. The standard InChI is InChI=1S/C17H15N5O3/c1-10-13(9-21-16-12(8-18)19-5-6-20-16)22-17(25-10)11-3-4-15(24-2)14(23)7-11/h3-7,23H,9H2,1-2H3,(H,20,21). The lowest BCUT2D eigenvalue weighted by atomic mass is 10.2. The molecule has 0 spiro atoms. The van der Waals surface area contributed by atoms with E-state index in [4.69, 9.17) is 14.4 Å². The van der Waals surface area contributed by atoms with Crippen LogP contribution in [0.5, 0.6) is 11.5 Å². The zero-order chi connectivity index (χ0) is 17.8. The van der Waals surface area contributed by atoms with Gasteiger partial charge >= 0.3 is 0 Å². The van der Waals surface area contributed by atoms with E-state index >= 15 is 0 Å². The number of phenolic OH excluding ortho intramolecular Hbond substituents is 1. The van der Waals surface area contributed by atoms with E-state index in [2.05, 4.69) is 20.3 Å². The van der Waals surface area contributed by atoms with Crippen LogP contribution in [0.15, 0.2) is 35.0 Å². The number of rotatable bonds is 5. The maximum Gasteiger partial charge on any atom is 0.226 e. The predicted molar refractivity (Wildman–Crippen MR) is 89.0 cm³/mol. The number of oxazole rings is 1. The first-order valence-corrected chi connectivity index (χ1v) is 7.41. The van der Waals surface area contributed by atoms with Gasteiger partial charge in [-0.2, -0.15) is 5.26 Å². The summed E-state index contributed by atoms with van der Waals surface area (Å²) in [5.74, 6) is 1.78. The van der Waals surface area contributed by atoms with Crippen molar-refractivity contribution in [2.45, 2.75) is 13.5 Å². The van der Waals surface area contributed by atoms with Crippen LogP contribution >= 0.6 is 0 Å². The van der Waals surface area contributed by atoms with Crippen LogP contribution < -0.4 is 10.1 Å². The summed E-state index contributed by atoms with van der Waals surface area (Å²) in [7, 11) is 1.48. The Morgan fingerprint density at radius 2 is 2.12 bits per heavy atom. The minimum Gasteiger partial charge on any atom is -0.504 e. The summed E-state index contributed by atoms with van der Waals surface area (Å²) in [6, 6.07) is 6.89. The van der Waals surface area contributed by atoms with Gasteiger partial charge in [-0.1, -0.05) is 0 Å². The third-order valence-corrected chi connectivity index (χ3v) is 3.55. The van der Waals surface area contributed by atoms with Gasteiger partial charge in [0.1, 0.15) is 17.5 Å². The Hall–Kier alpha value is -3.60. The Morgan fingerprint density at radius 3 is 2.84 bits per heavy atom. The maximum absolute atomic E-state index is 9.89. The molecular weight excluding hydrogens is 322 g/mol. The fraction of sp³-hybridized carbons (Fsp3) is 0.176. The Bertz CT molecular complexity index is 946. The van der Waals surface area contributed by atoms with Gasteiger partial charge in [0.15, 0.2) is 23.0 Å². The van der Waals surface area contributed by atoms with Crippen molar-refractivity contribution in [1.29, 1.82) is 5.26 Å². The molecule has 25 heavy (non-hydrogen) atoms. The monoisotopic (exact) mass is 337 g/mol. The molecule has 0 aliphatic heterocycles. The van der Waals surface area contributed by atoms with Crippen LogP contribution in [-0.2, 0) is 6.54 Å². The van der Waals surface area contributed by atoms with Gasteiger partial charge in [0.25, 0.3) is 0 Å². The third kappa shape index (κ3) is 3.35. The quantitative estimate of drug-likeness (QED) is 0.729. The van der Waals surface area contributed by atoms with Crippen molar-refractivity contribution in [1.82, 2.24) is 15.0 Å². The molecule has 126 valence electrons. The largest absolute Gasteiger partial charge is 0.504 e. The summed E-state index contributed by atoms with van der Waals surface area (Å²) in [4.78, 5) is 12.5. The average Bonchev–Trinajstić information content (AvgIpc) is 3.01. The van der Waals surface area contributed by atoms with E-state index in [1.807, 2.05) is 6.07 Å². The molecule has 8 nitrogen and oxygen atoms in total. The average molecular weight is 337 g/mol. The molecule has 1 aromatic carbocycles. The second kappa shape index (κ2) is 6.88. The zero-order valence-electron chi connectivity index (χ0n) is 13.6. The SMILES string of the molecule is COc1ccc(-c2nc(CNc3nccnc3C#N)c(C)o2)cc1O. The van der Waals surface area contributed by atoms with Crippen LogP contribution in [0.1, 0.15) is 17.1 Å². The van der Waals surface area contributed by atoms with Gasteiger partial charge < -0.3 is 19.6 Å². The summed E-state index contributed by atoms with van der Waals surface area (Å²) in [6.45, 7) is 2.11. The minimum atomic E-state index is 0.00810. The highest BCUT2D eigenvalue weighted by molar-refractivity contribution is 5.60. The zero-order valence-corrected chi connectivity index (χ0v) is 13.6. The number of phenols is 1. The molecule has 0 saturated carbocycles. The summed E-state index contributed by atoms with van der Waals surface area (Å²) in [5.41, 5.74) is 1.51. The van der Waals surface area contributed by atoms with E-state index in [1.54, 1.807) is 19.1 Å². The Balaban J connectivity index is 1.81. The number of aryl methyl sites for hydroxylation is 1. The van der Waals surface area contributed by atoms with Crippen molar-refractivity contribution in [3.8, 4) is 29.0 Å². The maximum atomic E-state index is 9.89. The molecule has 2 aromatic heterocycles. The Kier molecular flexibility index (Phi) is 4.48. The fourth-order valence-corrected chi connectivity index (χ4v) is 2.26. The van der Waals surface area contributed by atoms with Crippen LogP contribution in [-0.4, -0.2) is 27.2 Å². The van der Waals surface area contributed by atoms with Gasteiger partial charge in [0, 0.05) is 18.0 Å². The Labute approximate surface area is 143 Å². The molecule has 2 heterocycles. The molecule has 3 aromatic rings. The van der Waals surface area contributed by atoms with Crippen molar-refractivity contribution in [2.75, 3.05) is 12.4 Å². The summed E-state index contributed by atoms with van der Waals surface area (Å²) in [6.07, 6.45) is 2.96. The molecule has 8 heteroatoms. The van der Waals surface area contributed by atoms with Crippen LogP contribution in [0.2, 0.25) is 0 Å². The van der Waals surface area contributed by atoms with Crippen LogP contribution in [0, 0.1) is 18.3 Å². The highest BCUT2D eigenvalue weighted by atomic mass is 16.5. The lowest BCUT2D eigenvalue weighted by Gasteiger charge is -2.04. The number of ether oxygens (including phenoxy) is 1. The smallest absolute Gasteiger partial charge is 0.226 e. The van der Waals surface area contributed by atoms with E-state index in [0.717, 1.165) is 0 Å². The van der Waals surface area contributed by atoms with Crippen molar-refractivity contribution in [2.24, 2.45) is 0 Å². The molecule has 0 saturated heterocycles.